The molecule has 0 aliphatic carbocycles. The molecule has 18 heavy (non-hydrogen) atoms. The lowest BCUT2D eigenvalue weighted by atomic mass is 10.3. The number of nitrogens with zero attached hydrogens (tertiary/aromatic N) is 1. The molecule has 0 radical (unpaired) electrons. The fourth-order valence-corrected chi connectivity index (χ4v) is 1.39. The van der Waals surface area contributed by atoms with Gasteiger partial charge in [-0.2, -0.15) is 0 Å². The van der Waals surface area contributed by atoms with E-state index in [9.17, 15) is 4.79 Å². The van der Waals surface area contributed by atoms with Gasteiger partial charge in [0, 0.05) is 0 Å². The van der Waals surface area contributed by atoms with Gasteiger partial charge in [-0.15, -0.1) is 0 Å². The molecular weight excluding hydrogens is 238 g/mol. The average molecular weight is 251 g/mol. The van der Waals surface area contributed by atoms with Crippen LogP contribution in [-0.2, 0) is 4.74 Å². The molecule has 0 fully saturated rings. The van der Waals surface area contributed by atoms with E-state index in [-0.39, 0.29) is 13.2 Å². The Kier molecular flexibility index (Phi) is 3.63. The summed E-state index contributed by atoms with van der Waals surface area (Å²) in [6.07, 6.45) is -0.864. The third kappa shape index (κ3) is 2.89. The first-order valence-corrected chi connectivity index (χ1v) is 5.32. The molecule has 4 N–H and O–H groups in total. The van der Waals surface area contributed by atoms with Gasteiger partial charge in [-0.05, 0) is 17.3 Å². The summed E-state index contributed by atoms with van der Waals surface area (Å²) in [6.45, 7) is 0.134. The number of amides is 1. The molecular formula is C11H13N3O4. The van der Waals surface area contributed by atoms with Crippen molar-refractivity contribution in [3.63, 3.8) is 0 Å². The minimum atomic E-state index is -0.864. The van der Waals surface area contributed by atoms with Crippen molar-refractivity contribution >= 4 is 17.1 Å². The molecule has 7 heteroatoms. The van der Waals surface area contributed by atoms with Gasteiger partial charge in [-0.1, -0.05) is 12.1 Å². The van der Waals surface area contributed by atoms with Gasteiger partial charge in [0.25, 0.3) is 5.88 Å². The van der Waals surface area contributed by atoms with Crippen LogP contribution in [0.3, 0.4) is 0 Å². The number of rotatable bonds is 5. The SMILES string of the molecule is NC(=O)OC[C@@H](N)COc1noc2ccccc12. The van der Waals surface area contributed by atoms with Gasteiger partial charge in [0.1, 0.15) is 13.2 Å². The van der Waals surface area contributed by atoms with Crippen molar-refractivity contribution in [3.05, 3.63) is 24.3 Å². The van der Waals surface area contributed by atoms with Crippen molar-refractivity contribution in [1.82, 2.24) is 5.16 Å². The van der Waals surface area contributed by atoms with Crippen LogP contribution in [0.15, 0.2) is 28.8 Å². The summed E-state index contributed by atoms with van der Waals surface area (Å²) >= 11 is 0. The first-order valence-electron chi connectivity index (χ1n) is 5.32. The Hall–Kier alpha value is -2.28. The molecule has 1 aromatic carbocycles. The second kappa shape index (κ2) is 5.37. The highest BCUT2D eigenvalue weighted by atomic mass is 16.6. The molecule has 1 heterocycles. The predicted molar refractivity (Wildman–Crippen MR) is 63.0 cm³/mol. The zero-order valence-corrected chi connectivity index (χ0v) is 9.54. The van der Waals surface area contributed by atoms with Crippen molar-refractivity contribution in [2.75, 3.05) is 13.2 Å². The lowest BCUT2D eigenvalue weighted by molar-refractivity contribution is 0.136. The lowest BCUT2D eigenvalue weighted by Gasteiger charge is -2.10. The van der Waals surface area contributed by atoms with E-state index in [0.29, 0.717) is 11.5 Å². The molecule has 0 bridgehead atoms. The number of aromatic nitrogens is 1. The minimum Gasteiger partial charge on any atom is -0.473 e. The van der Waals surface area contributed by atoms with Gasteiger partial charge in [-0.25, -0.2) is 4.79 Å². The molecule has 0 aliphatic rings. The van der Waals surface area contributed by atoms with Crippen LogP contribution in [0.2, 0.25) is 0 Å². The van der Waals surface area contributed by atoms with Crippen molar-refractivity contribution < 1.29 is 18.8 Å². The summed E-state index contributed by atoms with van der Waals surface area (Å²) in [5, 5.41) is 4.54. The van der Waals surface area contributed by atoms with Crippen LogP contribution >= 0.6 is 0 Å². The van der Waals surface area contributed by atoms with E-state index in [1.807, 2.05) is 18.2 Å². The van der Waals surface area contributed by atoms with Gasteiger partial charge < -0.3 is 25.5 Å². The highest BCUT2D eigenvalue weighted by molar-refractivity contribution is 5.81. The van der Waals surface area contributed by atoms with Crippen LogP contribution in [0.25, 0.3) is 11.0 Å². The maximum absolute atomic E-state index is 10.4. The quantitative estimate of drug-likeness (QED) is 0.805. The van der Waals surface area contributed by atoms with Crippen LogP contribution in [0.5, 0.6) is 5.88 Å². The number of primary amides is 1. The zero-order chi connectivity index (χ0) is 13.0. The summed E-state index contributed by atoms with van der Waals surface area (Å²) in [5.74, 6) is 0.361. The number of fused-ring (bicyclic) bond motifs is 1. The van der Waals surface area contributed by atoms with E-state index < -0.39 is 12.1 Å². The molecule has 2 aromatic rings. The third-order valence-corrected chi connectivity index (χ3v) is 2.22. The maximum Gasteiger partial charge on any atom is 0.404 e. The first-order chi connectivity index (χ1) is 8.66. The molecule has 0 spiro atoms. The fraction of sp³-hybridized carbons (Fsp3) is 0.273. The van der Waals surface area contributed by atoms with E-state index in [2.05, 4.69) is 9.89 Å². The van der Waals surface area contributed by atoms with Crippen molar-refractivity contribution in [3.8, 4) is 5.88 Å². The van der Waals surface area contributed by atoms with Crippen LogP contribution in [0, 0.1) is 0 Å². The van der Waals surface area contributed by atoms with Gasteiger partial charge in [0.2, 0.25) is 0 Å². The predicted octanol–water partition coefficient (Wildman–Crippen LogP) is 0.629. The molecule has 0 unspecified atom stereocenters. The second-order valence-corrected chi connectivity index (χ2v) is 3.69. The highest BCUT2D eigenvalue weighted by Gasteiger charge is 2.11. The van der Waals surface area contributed by atoms with E-state index in [1.54, 1.807) is 6.07 Å². The van der Waals surface area contributed by atoms with Crippen molar-refractivity contribution in [2.24, 2.45) is 11.5 Å². The Morgan fingerprint density at radius 2 is 2.17 bits per heavy atom. The number of para-hydroxylation sites is 1. The first kappa shape index (κ1) is 12.2. The molecule has 1 atom stereocenters. The van der Waals surface area contributed by atoms with E-state index in [4.69, 9.17) is 20.7 Å². The number of carbonyl (C=O) groups is 1. The number of hydrogen-bond acceptors (Lipinski definition) is 6. The van der Waals surface area contributed by atoms with Gasteiger partial charge in [0.05, 0.1) is 11.4 Å². The molecule has 1 amide bonds. The Balaban J connectivity index is 1.92. The number of nitrogens with two attached hydrogens (primary N) is 2. The summed E-state index contributed by atoms with van der Waals surface area (Å²) < 4.78 is 15.0. The Morgan fingerprint density at radius 1 is 1.39 bits per heavy atom. The molecule has 2 rings (SSSR count). The summed E-state index contributed by atoms with van der Waals surface area (Å²) in [6, 6.07) is 6.82. The molecule has 0 saturated heterocycles. The van der Waals surface area contributed by atoms with E-state index >= 15 is 0 Å². The number of benzene rings is 1. The second-order valence-electron chi connectivity index (χ2n) is 3.69. The lowest BCUT2D eigenvalue weighted by Crippen LogP contribution is -2.34. The zero-order valence-electron chi connectivity index (χ0n) is 9.54. The van der Waals surface area contributed by atoms with Gasteiger partial charge >= 0.3 is 6.09 Å². The monoisotopic (exact) mass is 251 g/mol. The Labute approximate surface area is 103 Å². The number of ether oxygens (including phenoxy) is 2. The number of hydrogen-bond donors (Lipinski definition) is 2. The van der Waals surface area contributed by atoms with Crippen LogP contribution < -0.4 is 16.2 Å². The van der Waals surface area contributed by atoms with E-state index in [0.717, 1.165) is 5.39 Å². The van der Waals surface area contributed by atoms with E-state index in [1.165, 1.54) is 0 Å². The Morgan fingerprint density at radius 3 is 2.94 bits per heavy atom. The third-order valence-electron chi connectivity index (χ3n) is 2.22. The van der Waals surface area contributed by atoms with Gasteiger partial charge in [-0.3, -0.25) is 0 Å². The maximum atomic E-state index is 10.4. The highest BCUT2D eigenvalue weighted by Crippen LogP contribution is 2.23. The Bertz CT molecular complexity index is 540. The summed E-state index contributed by atoms with van der Waals surface area (Å²) in [7, 11) is 0. The van der Waals surface area contributed by atoms with Crippen molar-refractivity contribution in [1.29, 1.82) is 0 Å². The van der Waals surface area contributed by atoms with Crippen molar-refractivity contribution in [2.45, 2.75) is 6.04 Å². The fourth-order valence-electron chi connectivity index (χ4n) is 1.39. The normalized spacial score (nSPS) is 12.3. The molecule has 96 valence electrons. The molecule has 1 aromatic heterocycles. The van der Waals surface area contributed by atoms with Crippen LogP contribution in [0.4, 0.5) is 4.79 Å². The largest absolute Gasteiger partial charge is 0.473 e. The minimum absolute atomic E-state index is 0.00881. The number of carbonyl (C=O) groups excluding carboxylic acids is 1. The molecule has 0 aliphatic heterocycles. The smallest absolute Gasteiger partial charge is 0.404 e. The van der Waals surface area contributed by atoms with Gasteiger partial charge in [0.15, 0.2) is 5.58 Å². The van der Waals surface area contributed by atoms with Crippen LogP contribution in [-0.4, -0.2) is 30.5 Å². The average Bonchev–Trinajstić information content (AvgIpc) is 2.77. The summed E-state index contributed by atoms with van der Waals surface area (Å²) in [5.41, 5.74) is 11.1. The topological polar surface area (TPSA) is 114 Å². The standard InChI is InChI=1S/C11H13N3O4/c12-7(6-17-11(13)15)5-16-10-8-3-1-2-4-9(8)18-14-10/h1-4,7H,5-6,12H2,(H2,13,15)/t7-/m0/s1. The van der Waals surface area contributed by atoms with Crippen LogP contribution in [0.1, 0.15) is 0 Å². The summed E-state index contributed by atoms with van der Waals surface area (Å²) in [4.78, 5) is 10.4. The molecule has 7 nitrogen and oxygen atoms in total. The molecule has 0 saturated carbocycles.